The van der Waals surface area contributed by atoms with Crippen molar-refractivity contribution in [3.63, 3.8) is 0 Å². The van der Waals surface area contributed by atoms with Crippen molar-refractivity contribution in [3.05, 3.63) is 0 Å². The van der Waals surface area contributed by atoms with Crippen molar-refractivity contribution < 1.29 is 64.3 Å². The van der Waals surface area contributed by atoms with E-state index in [0.29, 0.717) is 26.2 Å². The van der Waals surface area contributed by atoms with Gasteiger partial charge in [0.25, 0.3) is 0 Å². The van der Waals surface area contributed by atoms with Gasteiger partial charge in [-0.25, -0.2) is 0 Å². The van der Waals surface area contributed by atoms with Gasteiger partial charge in [-0.1, -0.05) is 0 Å². The van der Waals surface area contributed by atoms with Gasteiger partial charge in [0.15, 0.2) is 0 Å². The molecule has 0 spiro atoms. The molecule has 7 heavy (non-hydrogen) atoms. The fraction of sp³-hybridized carbons (Fsp3) is 0.500. The Labute approximate surface area is 101 Å². The average Bonchev–Trinajstić information content (AvgIpc) is 1.38. The molecule has 0 saturated heterocycles. The van der Waals surface area contributed by atoms with Gasteiger partial charge in [0, 0.05) is 0 Å². The van der Waals surface area contributed by atoms with Gasteiger partial charge in [0.2, 0.25) is 0 Å². The molecule has 5 heteroatoms. The predicted molar refractivity (Wildman–Crippen MR) is 21.1 cm³/mol. The van der Waals surface area contributed by atoms with Gasteiger partial charge in [0.1, 0.15) is 0 Å². The van der Waals surface area contributed by atoms with Crippen LogP contribution in [0.4, 0.5) is 0 Å². The SMILES string of the molecule is CC(=O)[O][Pb].O.[K+]. The molecule has 0 saturated carbocycles. The van der Waals surface area contributed by atoms with Crippen molar-refractivity contribution in [2.75, 3.05) is 0 Å². The largest absolute Gasteiger partial charge is 1.00 e. The van der Waals surface area contributed by atoms with Gasteiger partial charge in [-0.15, -0.1) is 0 Å². The van der Waals surface area contributed by atoms with Gasteiger partial charge < -0.3 is 5.48 Å². The summed E-state index contributed by atoms with van der Waals surface area (Å²) in [5, 5.41) is 0. The zero-order valence-electron chi connectivity index (χ0n) is 4.32. The summed E-state index contributed by atoms with van der Waals surface area (Å²) in [5.74, 6) is -0.184. The minimum atomic E-state index is -0.184. The molecule has 3 radical (unpaired) electrons. The first-order chi connectivity index (χ1) is 2.27. The first kappa shape index (κ1) is 16.0. The van der Waals surface area contributed by atoms with E-state index >= 15 is 0 Å². The molecule has 0 aromatic heterocycles. The first-order valence-electron chi connectivity index (χ1n) is 1.11. The van der Waals surface area contributed by atoms with Crippen LogP contribution in [-0.4, -0.2) is 37.7 Å². The van der Waals surface area contributed by atoms with Crippen LogP contribution in [0.15, 0.2) is 0 Å². The van der Waals surface area contributed by atoms with E-state index in [9.17, 15) is 4.79 Å². The van der Waals surface area contributed by atoms with E-state index in [4.69, 9.17) is 0 Å². The summed E-state index contributed by atoms with van der Waals surface area (Å²) in [4.78, 5) is 9.62. The fourth-order valence-electron chi connectivity index (χ4n) is 0. The van der Waals surface area contributed by atoms with Crippen molar-refractivity contribution in [3.8, 4) is 0 Å². The summed E-state index contributed by atoms with van der Waals surface area (Å²) in [5.41, 5.74) is 0. The fourth-order valence-corrected chi connectivity index (χ4v) is 0. The van der Waals surface area contributed by atoms with Crippen LogP contribution in [0.1, 0.15) is 6.92 Å². The Hall–Kier alpha value is 1.99. The molecule has 0 unspecified atom stereocenters. The summed E-state index contributed by atoms with van der Waals surface area (Å²) in [6, 6.07) is 0. The van der Waals surface area contributed by atoms with Crippen molar-refractivity contribution in [2.24, 2.45) is 0 Å². The van der Waals surface area contributed by atoms with Gasteiger partial charge in [-0.05, 0) is 0 Å². The van der Waals surface area contributed by atoms with Gasteiger partial charge in [0.05, 0.1) is 0 Å². The van der Waals surface area contributed by atoms with Gasteiger partial charge in [-0.3, -0.25) is 0 Å². The second-order valence-corrected chi connectivity index (χ2v) is 1.39. The van der Waals surface area contributed by atoms with Crippen molar-refractivity contribution in [1.82, 2.24) is 0 Å². The summed E-state index contributed by atoms with van der Waals surface area (Å²) >= 11 is 0.524. The number of rotatable bonds is 0. The predicted octanol–water partition coefficient (Wildman–Crippen LogP) is -4.19. The molecule has 0 aromatic rings. The maximum absolute atomic E-state index is 9.62. The van der Waals surface area contributed by atoms with E-state index in [1.807, 2.05) is 0 Å². The third kappa shape index (κ3) is 18.0. The average molecular weight is 323 g/mol. The molecule has 0 fully saturated rings. The van der Waals surface area contributed by atoms with Crippen LogP contribution >= 0.6 is 0 Å². The molecule has 35 valence electrons. The van der Waals surface area contributed by atoms with Crippen LogP contribution in [-0.2, 0) is 7.48 Å². The quantitative estimate of drug-likeness (QED) is 0.425. The first-order valence-corrected chi connectivity index (χ1v) is 2.70. The normalized spacial score (nSPS) is 4.86. The third-order valence-electron chi connectivity index (χ3n) is 0.144. The Bertz CT molecular complexity index is 48.2. The summed E-state index contributed by atoms with van der Waals surface area (Å²) in [7, 11) is 0. The van der Waals surface area contributed by atoms with Crippen LogP contribution in [0.25, 0.3) is 0 Å². The van der Waals surface area contributed by atoms with E-state index in [1.54, 1.807) is 0 Å². The Morgan fingerprint density at radius 1 is 1.71 bits per heavy atom. The maximum atomic E-state index is 9.62. The molecule has 0 aliphatic rings. The maximum Gasteiger partial charge on any atom is 1.00 e. The van der Waals surface area contributed by atoms with Crippen LogP contribution < -0.4 is 51.4 Å². The summed E-state index contributed by atoms with van der Waals surface area (Å²) < 4.78 is 4.25. The van der Waals surface area contributed by atoms with Crippen LogP contribution in [0.5, 0.6) is 0 Å². The Kier molecular flexibility index (Phi) is 24.9. The van der Waals surface area contributed by atoms with E-state index in [0.717, 1.165) is 0 Å². The van der Waals surface area contributed by atoms with Crippen molar-refractivity contribution >= 4 is 32.2 Å². The zero-order chi connectivity index (χ0) is 4.28. The Balaban J connectivity index is -0.0000000800. The molecule has 0 aliphatic heterocycles. The molecule has 3 nitrogen and oxygen atoms in total. The minimum Gasteiger partial charge on any atom is -0.412 e. The van der Waals surface area contributed by atoms with Crippen LogP contribution in [0, 0.1) is 0 Å². The third-order valence-corrected chi connectivity index (χ3v) is 1.26. The zero-order valence-corrected chi connectivity index (χ0v) is 11.3. The molecule has 0 heterocycles. The molecule has 0 aromatic carbocycles. The summed E-state index contributed by atoms with van der Waals surface area (Å²) in [6.07, 6.45) is 0. The number of carbonyl (C=O) groups is 1. The standard InChI is InChI=1S/C2H4O2.K.H2O.Pb/c1-2(3)4;;;/h1H3,(H,3,4);;1H2;/q;+1;;+1/p-1. The van der Waals surface area contributed by atoms with Gasteiger partial charge in [-0.2, -0.15) is 0 Å². The monoisotopic (exact) mass is 324 g/mol. The molecular formula is C2H5KO3Pb+. The van der Waals surface area contributed by atoms with Gasteiger partial charge >= 0.3 is 98.0 Å². The second-order valence-electron chi connectivity index (χ2n) is 0.594. The van der Waals surface area contributed by atoms with Crippen LogP contribution in [0.2, 0.25) is 0 Å². The number of hydrogen-bond donors (Lipinski definition) is 0. The molecule has 0 atom stereocenters. The molecule has 0 bridgehead atoms. The molecule has 0 amide bonds. The molecule has 0 rings (SSSR count). The number of carbonyl (C=O) groups excluding carboxylic acids is 1. The van der Waals surface area contributed by atoms with Crippen LogP contribution in [0.3, 0.4) is 0 Å². The smallest absolute Gasteiger partial charge is 0.412 e. The van der Waals surface area contributed by atoms with E-state index in [-0.39, 0.29) is 62.8 Å². The molecular weight excluding hydrogens is 318 g/mol. The molecule has 2 N–H and O–H groups in total. The summed E-state index contributed by atoms with van der Waals surface area (Å²) in [6.45, 7) is 1.40. The topological polar surface area (TPSA) is 57.8 Å². The minimum absolute atomic E-state index is 0. The second kappa shape index (κ2) is 10.9. The molecule has 0 aliphatic carbocycles. The van der Waals surface area contributed by atoms with E-state index < -0.39 is 0 Å². The van der Waals surface area contributed by atoms with E-state index in [1.165, 1.54) is 6.92 Å². The van der Waals surface area contributed by atoms with Crippen molar-refractivity contribution in [1.29, 1.82) is 0 Å². The van der Waals surface area contributed by atoms with E-state index in [2.05, 4.69) is 2.69 Å². The van der Waals surface area contributed by atoms with Crippen molar-refractivity contribution in [2.45, 2.75) is 6.92 Å². The Morgan fingerprint density at radius 2 is 1.86 bits per heavy atom. The number of hydrogen-bond acceptors (Lipinski definition) is 2. The Morgan fingerprint density at radius 3 is 1.86 bits per heavy atom.